The molecule has 0 saturated carbocycles. The Bertz CT molecular complexity index is 1030. The molecule has 1 atom stereocenters. The summed E-state index contributed by atoms with van der Waals surface area (Å²) >= 11 is 0. The van der Waals surface area contributed by atoms with E-state index in [1.54, 1.807) is 6.21 Å². The number of nitriles is 1. The molecule has 3 rings (SSSR count). The van der Waals surface area contributed by atoms with Crippen molar-refractivity contribution in [2.24, 2.45) is 5.10 Å². The number of carbonyl (C=O) groups is 2. The largest absolute Gasteiger partial charge is 0.371 e. The van der Waals surface area contributed by atoms with Crippen LogP contribution in [-0.2, 0) is 10.3 Å². The Balaban J connectivity index is 1.82. The van der Waals surface area contributed by atoms with Gasteiger partial charge >= 0.3 is 6.03 Å². The lowest BCUT2D eigenvalue weighted by atomic mass is 9.87. The van der Waals surface area contributed by atoms with Gasteiger partial charge in [-0.05, 0) is 49.1 Å². The van der Waals surface area contributed by atoms with E-state index >= 15 is 0 Å². The molecule has 0 aromatic heterocycles. The van der Waals surface area contributed by atoms with Crippen molar-refractivity contribution in [1.82, 2.24) is 10.3 Å². The lowest BCUT2D eigenvalue weighted by Gasteiger charge is -2.24. The van der Waals surface area contributed by atoms with Crippen LogP contribution in [0, 0.1) is 18.3 Å². The van der Waals surface area contributed by atoms with Gasteiger partial charge in [-0.2, -0.15) is 10.4 Å². The zero-order chi connectivity index (χ0) is 22.4. The molecule has 1 aliphatic rings. The monoisotopic (exact) mass is 417 g/mol. The van der Waals surface area contributed by atoms with E-state index in [4.69, 9.17) is 5.26 Å². The van der Waals surface area contributed by atoms with Gasteiger partial charge in [-0.25, -0.2) is 4.79 Å². The van der Waals surface area contributed by atoms with E-state index in [0.29, 0.717) is 19.4 Å². The SMILES string of the molecule is CCN(CCC#N)c1ccc(/C=N\N2C(=O)N[C@@](CC)(c3ccccc3)C2=O)c(C)c1. The summed E-state index contributed by atoms with van der Waals surface area (Å²) in [6, 6.07) is 16.8. The van der Waals surface area contributed by atoms with Crippen LogP contribution in [0.25, 0.3) is 0 Å². The molecule has 31 heavy (non-hydrogen) atoms. The first-order valence-corrected chi connectivity index (χ1v) is 10.5. The van der Waals surface area contributed by atoms with Crippen LogP contribution in [0.1, 0.15) is 43.4 Å². The summed E-state index contributed by atoms with van der Waals surface area (Å²) in [4.78, 5) is 27.9. The molecule has 1 N–H and O–H groups in total. The topological polar surface area (TPSA) is 88.8 Å². The zero-order valence-electron chi connectivity index (χ0n) is 18.1. The van der Waals surface area contributed by atoms with Gasteiger partial charge in [-0.3, -0.25) is 4.79 Å². The molecule has 2 aromatic carbocycles. The van der Waals surface area contributed by atoms with Gasteiger partial charge in [0.05, 0.1) is 18.7 Å². The first-order valence-electron chi connectivity index (χ1n) is 10.5. The van der Waals surface area contributed by atoms with Crippen molar-refractivity contribution in [1.29, 1.82) is 5.26 Å². The van der Waals surface area contributed by atoms with Crippen LogP contribution < -0.4 is 10.2 Å². The van der Waals surface area contributed by atoms with E-state index < -0.39 is 11.6 Å². The van der Waals surface area contributed by atoms with E-state index in [9.17, 15) is 9.59 Å². The number of nitrogens with zero attached hydrogens (tertiary/aromatic N) is 4. The third kappa shape index (κ3) is 4.29. The predicted molar refractivity (Wildman–Crippen MR) is 121 cm³/mol. The molecule has 3 amide bonds. The summed E-state index contributed by atoms with van der Waals surface area (Å²) in [5.41, 5.74) is 2.45. The molecule has 0 unspecified atom stereocenters. The van der Waals surface area contributed by atoms with Crippen LogP contribution in [0.15, 0.2) is 53.6 Å². The fraction of sp³-hybridized carbons (Fsp3) is 0.333. The van der Waals surface area contributed by atoms with Crippen molar-refractivity contribution in [3.8, 4) is 6.07 Å². The number of hydrazone groups is 1. The lowest BCUT2D eigenvalue weighted by Crippen LogP contribution is -2.43. The second-order valence-corrected chi connectivity index (χ2v) is 7.45. The summed E-state index contributed by atoms with van der Waals surface area (Å²) < 4.78 is 0. The van der Waals surface area contributed by atoms with Crippen molar-refractivity contribution in [2.75, 3.05) is 18.0 Å². The van der Waals surface area contributed by atoms with Crippen LogP contribution in [0.5, 0.6) is 0 Å². The maximum Gasteiger partial charge on any atom is 0.346 e. The minimum Gasteiger partial charge on any atom is -0.371 e. The Hall–Kier alpha value is -3.66. The number of carbonyl (C=O) groups excluding carboxylic acids is 2. The molecule has 1 fully saturated rings. The van der Waals surface area contributed by atoms with Crippen molar-refractivity contribution in [3.05, 3.63) is 65.2 Å². The normalized spacial score (nSPS) is 18.3. The summed E-state index contributed by atoms with van der Waals surface area (Å²) in [5, 5.41) is 16.8. The fourth-order valence-electron chi connectivity index (χ4n) is 3.81. The lowest BCUT2D eigenvalue weighted by molar-refractivity contribution is -0.131. The quantitative estimate of drug-likeness (QED) is 0.521. The Morgan fingerprint density at radius 2 is 1.94 bits per heavy atom. The first kappa shape index (κ1) is 22.0. The zero-order valence-corrected chi connectivity index (χ0v) is 18.1. The van der Waals surface area contributed by atoms with Crippen molar-refractivity contribution in [3.63, 3.8) is 0 Å². The standard InChI is InChI=1S/C24H27N5O2/c1-4-24(20-10-7-6-8-11-20)22(30)29(23(31)27-24)26-17-19-12-13-21(16-18(19)3)28(5-2)15-9-14-25/h6-8,10-13,16-17H,4-5,9,15H2,1-3H3,(H,27,31)/b26-17-/t24-/m0/s1. The molecule has 160 valence electrons. The third-order valence-corrected chi connectivity index (χ3v) is 5.67. The average Bonchev–Trinajstić information content (AvgIpc) is 3.04. The molecule has 0 bridgehead atoms. The van der Waals surface area contributed by atoms with E-state index in [0.717, 1.165) is 33.9 Å². The number of nitrogens with one attached hydrogen (secondary N) is 1. The Kier molecular flexibility index (Phi) is 6.71. The predicted octanol–water partition coefficient (Wildman–Crippen LogP) is 3.93. The van der Waals surface area contributed by atoms with E-state index in [1.807, 2.05) is 69.3 Å². The van der Waals surface area contributed by atoms with E-state index in [-0.39, 0.29) is 5.91 Å². The summed E-state index contributed by atoms with van der Waals surface area (Å²) in [6.07, 6.45) is 2.43. The highest BCUT2D eigenvalue weighted by Crippen LogP contribution is 2.32. The molecule has 0 radical (unpaired) electrons. The van der Waals surface area contributed by atoms with Crippen LogP contribution in [0.4, 0.5) is 10.5 Å². The second-order valence-electron chi connectivity index (χ2n) is 7.45. The van der Waals surface area contributed by atoms with Crippen LogP contribution in [-0.4, -0.2) is 36.3 Å². The molecule has 1 heterocycles. The molecule has 7 heteroatoms. The molecule has 1 saturated heterocycles. The van der Waals surface area contributed by atoms with Crippen molar-refractivity contribution < 1.29 is 9.59 Å². The number of anilines is 1. The van der Waals surface area contributed by atoms with Gasteiger partial charge in [0.15, 0.2) is 0 Å². The molecular weight excluding hydrogens is 390 g/mol. The average molecular weight is 418 g/mol. The highest BCUT2D eigenvalue weighted by atomic mass is 16.2. The third-order valence-electron chi connectivity index (χ3n) is 5.67. The van der Waals surface area contributed by atoms with Gasteiger partial charge < -0.3 is 10.2 Å². The fourth-order valence-corrected chi connectivity index (χ4v) is 3.81. The Morgan fingerprint density at radius 1 is 1.19 bits per heavy atom. The van der Waals surface area contributed by atoms with Crippen molar-refractivity contribution >= 4 is 23.8 Å². The summed E-state index contributed by atoms with van der Waals surface area (Å²) in [6.45, 7) is 7.34. The number of hydrogen-bond donors (Lipinski definition) is 1. The van der Waals surface area contributed by atoms with Crippen molar-refractivity contribution in [2.45, 2.75) is 39.2 Å². The second kappa shape index (κ2) is 9.43. The minimum atomic E-state index is -1.10. The van der Waals surface area contributed by atoms with Gasteiger partial charge in [0.1, 0.15) is 5.54 Å². The molecule has 2 aromatic rings. The molecule has 1 aliphatic heterocycles. The number of imide groups is 1. The number of amides is 3. The molecule has 7 nitrogen and oxygen atoms in total. The highest BCUT2D eigenvalue weighted by Gasteiger charge is 2.51. The van der Waals surface area contributed by atoms with E-state index in [2.05, 4.69) is 21.4 Å². The number of rotatable bonds is 8. The number of aryl methyl sites for hydroxylation is 1. The van der Waals surface area contributed by atoms with Crippen LogP contribution in [0.2, 0.25) is 0 Å². The summed E-state index contributed by atoms with van der Waals surface area (Å²) in [7, 11) is 0. The molecular formula is C24H27N5O2. The molecule has 0 spiro atoms. The smallest absolute Gasteiger partial charge is 0.346 e. The molecule has 0 aliphatic carbocycles. The number of benzene rings is 2. The van der Waals surface area contributed by atoms with E-state index in [1.165, 1.54) is 0 Å². The maximum absolute atomic E-state index is 13.2. The number of urea groups is 1. The van der Waals surface area contributed by atoms with Gasteiger partial charge in [0, 0.05) is 18.8 Å². The number of hydrogen-bond acceptors (Lipinski definition) is 5. The Morgan fingerprint density at radius 3 is 2.55 bits per heavy atom. The van der Waals surface area contributed by atoms with Gasteiger partial charge in [-0.15, -0.1) is 5.01 Å². The van der Waals surface area contributed by atoms with Gasteiger partial charge in [0.25, 0.3) is 5.91 Å². The van der Waals surface area contributed by atoms with Crippen LogP contribution in [0.3, 0.4) is 0 Å². The first-order chi connectivity index (χ1) is 15.0. The minimum absolute atomic E-state index is 0.384. The maximum atomic E-state index is 13.2. The van der Waals surface area contributed by atoms with Gasteiger partial charge in [-0.1, -0.05) is 43.3 Å². The summed E-state index contributed by atoms with van der Waals surface area (Å²) in [5.74, 6) is -0.384. The van der Waals surface area contributed by atoms with Crippen LogP contribution >= 0.6 is 0 Å². The Labute approximate surface area is 183 Å². The van der Waals surface area contributed by atoms with Gasteiger partial charge in [0.2, 0.25) is 0 Å². The highest BCUT2D eigenvalue weighted by molar-refractivity contribution is 6.07.